The van der Waals surface area contributed by atoms with E-state index in [1.165, 1.54) is 11.3 Å². The molecule has 2 nitrogen and oxygen atoms in total. The molecule has 0 aromatic carbocycles. The smallest absolute Gasteiger partial charge is 0.137 e. The number of aliphatic hydroxyl groups excluding tert-OH is 1. The van der Waals surface area contributed by atoms with Gasteiger partial charge in [-0.2, -0.15) is 0 Å². The van der Waals surface area contributed by atoms with Crippen molar-refractivity contribution >= 4 is 27.3 Å². The summed E-state index contributed by atoms with van der Waals surface area (Å²) >= 11 is 4.68. The molecule has 1 atom stereocenters. The van der Waals surface area contributed by atoms with Crippen LogP contribution in [0.5, 0.6) is 0 Å². The van der Waals surface area contributed by atoms with E-state index in [1.54, 1.807) is 6.07 Å². The molecular formula is C5H6BrNOS. The molecule has 4 heteroatoms. The van der Waals surface area contributed by atoms with E-state index in [0.29, 0.717) is 0 Å². The van der Waals surface area contributed by atoms with E-state index in [-0.39, 0.29) is 0 Å². The average Bonchev–Trinajstić information content (AvgIpc) is 2.14. The Hall–Kier alpha value is 0.1000. The average molecular weight is 208 g/mol. The van der Waals surface area contributed by atoms with Gasteiger partial charge in [0.2, 0.25) is 0 Å². The standard InChI is InChI=1S/C5H6BrNOS/c6-3-1-4(5(7)8)9-2-3/h1-2,5,8H,7H2. The molecule has 1 rings (SSSR count). The summed E-state index contributed by atoms with van der Waals surface area (Å²) in [7, 11) is 0. The number of halogens is 1. The largest absolute Gasteiger partial charge is 0.374 e. The summed E-state index contributed by atoms with van der Waals surface area (Å²) in [5.74, 6) is 0. The Morgan fingerprint density at radius 1 is 1.78 bits per heavy atom. The van der Waals surface area contributed by atoms with Gasteiger partial charge in [0.25, 0.3) is 0 Å². The van der Waals surface area contributed by atoms with Gasteiger partial charge in [-0.05, 0) is 22.0 Å². The monoisotopic (exact) mass is 207 g/mol. The Kier molecular flexibility index (Phi) is 2.23. The third-order valence-electron chi connectivity index (χ3n) is 0.879. The second-order valence-electron chi connectivity index (χ2n) is 1.61. The molecule has 0 radical (unpaired) electrons. The van der Waals surface area contributed by atoms with E-state index in [1.807, 2.05) is 5.38 Å². The van der Waals surface area contributed by atoms with Crippen molar-refractivity contribution in [2.45, 2.75) is 6.23 Å². The van der Waals surface area contributed by atoms with E-state index in [2.05, 4.69) is 15.9 Å². The van der Waals surface area contributed by atoms with Gasteiger partial charge in [-0.3, -0.25) is 0 Å². The molecule has 1 aromatic heterocycles. The molecule has 3 N–H and O–H groups in total. The van der Waals surface area contributed by atoms with Gasteiger partial charge in [-0.1, -0.05) is 0 Å². The molecule has 0 fully saturated rings. The van der Waals surface area contributed by atoms with Crippen molar-refractivity contribution in [2.24, 2.45) is 5.73 Å². The molecule has 0 amide bonds. The summed E-state index contributed by atoms with van der Waals surface area (Å²) in [6, 6.07) is 1.80. The lowest BCUT2D eigenvalue weighted by Gasteiger charge is -1.95. The molecule has 0 aliphatic rings. The lowest BCUT2D eigenvalue weighted by Crippen LogP contribution is -2.05. The second-order valence-corrected chi connectivity index (χ2v) is 3.47. The Balaban J connectivity index is 2.85. The summed E-state index contributed by atoms with van der Waals surface area (Å²) in [5.41, 5.74) is 5.17. The van der Waals surface area contributed by atoms with Crippen LogP contribution in [-0.4, -0.2) is 5.11 Å². The van der Waals surface area contributed by atoms with Crippen LogP contribution in [0, 0.1) is 0 Å². The fraction of sp³-hybridized carbons (Fsp3) is 0.200. The van der Waals surface area contributed by atoms with Gasteiger partial charge in [0.1, 0.15) is 6.23 Å². The molecular weight excluding hydrogens is 202 g/mol. The fourth-order valence-corrected chi connectivity index (χ4v) is 1.81. The molecule has 0 aliphatic heterocycles. The molecule has 0 saturated carbocycles. The molecule has 1 unspecified atom stereocenters. The maximum Gasteiger partial charge on any atom is 0.137 e. The zero-order valence-electron chi connectivity index (χ0n) is 4.54. The van der Waals surface area contributed by atoms with E-state index in [9.17, 15) is 0 Å². The summed E-state index contributed by atoms with van der Waals surface area (Å²) < 4.78 is 0.965. The molecule has 0 spiro atoms. The van der Waals surface area contributed by atoms with Crippen molar-refractivity contribution in [1.82, 2.24) is 0 Å². The molecule has 0 saturated heterocycles. The van der Waals surface area contributed by atoms with Crippen LogP contribution < -0.4 is 5.73 Å². The highest BCUT2D eigenvalue weighted by Crippen LogP contribution is 2.22. The van der Waals surface area contributed by atoms with Crippen LogP contribution in [0.1, 0.15) is 11.1 Å². The van der Waals surface area contributed by atoms with Crippen molar-refractivity contribution in [1.29, 1.82) is 0 Å². The van der Waals surface area contributed by atoms with Crippen molar-refractivity contribution < 1.29 is 5.11 Å². The number of rotatable bonds is 1. The highest BCUT2D eigenvalue weighted by molar-refractivity contribution is 9.10. The number of aliphatic hydroxyl groups is 1. The topological polar surface area (TPSA) is 46.2 Å². The molecule has 50 valence electrons. The van der Waals surface area contributed by atoms with Crippen LogP contribution in [0.15, 0.2) is 15.9 Å². The maximum absolute atomic E-state index is 8.80. The van der Waals surface area contributed by atoms with Gasteiger partial charge in [-0.15, -0.1) is 11.3 Å². The Labute approximate surface area is 65.4 Å². The van der Waals surface area contributed by atoms with Gasteiger partial charge in [-0.25, -0.2) is 0 Å². The van der Waals surface area contributed by atoms with Crippen LogP contribution >= 0.6 is 27.3 Å². The summed E-state index contributed by atoms with van der Waals surface area (Å²) in [5, 5.41) is 10.7. The predicted octanol–water partition coefficient (Wildman–Crippen LogP) is 1.46. The Morgan fingerprint density at radius 2 is 2.44 bits per heavy atom. The molecule has 0 aliphatic carbocycles. The van der Waals surface area contributed by atoms with Gasteiger partial charge < -0.3 is 10.8 Å². The number of hydrogen-bond donors (Lipinski definition) is 2. The zero-order chi connectivity index (χ0) is 6.85. The van der Waals surface area contributed by atoms with Crippen molar-refractivity contribution in [3.05, 3.63) is 20.8 Å². The summed E-state index contributed by atoms with van der Waals surface area (Å²) in [4.78, 5) is 0.780. The normalized spacial score (nSPS) is 13.7. The first kappa shape index (κ1) is 7.21. The van der Waals surface area contributed by atoms with E-state index < -0.39 is 6.23 Å². The molecule has 1 heterocycles. The summed E-state index contributed by atoms with van der Waals surface area (Å²) in [6.07, 6.45) is -0.832. The third kappa shape index (κ3) is 1.76. The number of nitrogens with two attached hydrogens (primary N) is 1. The highest BCUT2D eigenvalue weighted by Gasteiger charge is 2.02. The first-order chi connectivity index (χ1) is 4.20. The second kappa shape index (κ2) is 2.79. The highest BCUT2D eigenvalue weighted by atomic mass is 79.9. The first-order valence-electron chi connectivity index (χ1n) is 2.38. The van der Waals surface area contributed by atoms with Gasteiger partial charge >= 0.3 is 0 Å². The zero-order valence-corrected chi connectivity index (χ0v) is 6.95. The first-order valence-corrected chi connectivity index (χ1v) is 4.05. The van der Waals surface area contributed by atoms with Crippen molar-refractivity contribution in [3.63, 3.8) is 0 Å². The quantitative estimate of drug-likeness (QED) is 0.686. The molecule has 1 aromatic rings. The minimum absolute atomic E-state index is 0.780. The Bertz CT molecular complexity index is 199. The van der Waals surface area contributed by atoms with Gasteiger partial charge in [0, 0.05) is 14.7 Å². The predicted molar refractivity (Wildman–Crippen MR) is 41.2 cm³/mol. The summed E-state index contributed by atoms with van der Waals surface area (Å²) in [6.45, 7) is 0. The number of thiophene rings is 1. The van der Waals surface area contributed by atoms with Crippen LogP contribution in [-0.2, 0) is 0 Å². The molecule has 0 bridgehead atoms. The lowest BCUT2D eigenvalue weighted by atomic mass is 10.4. The van der Waals surface area contributed by atoms with Gasteiger partial charge in [0.05, 0.1) is 0 Å². The van der Waals surface area contributed by atoms with Crippen molar-refractivity contribution in [2.75, 3.05) is 0 Å². The third-order valence-corrected chi connectivity index (χ3v) is 2.64. The lowest BCUT2D eigenvalue weighted by molar-refractivity contribution is 0.190. The van der Waals surface area contributed by atoms with Crippen LogP contribution in [0.3, 0.4) is 0 Å². The van der Waals surface area contributed by atoms with Gasteiger partial charge in [0.15, 0.2) is 0 Å². The number of hydrogen-bond acceptors (Lipinski definition) is 3. The van der Waals surface area contributed by atoms with Crippen LogP contribution in [0.2, 0.25) is 0 Å². The minimum atomic E-state index is -0.832. The van der Waals surface area contributed by atoms with E-state index in [4.69, 9.17) is 10.8 Å². The van der Waals surface area contributed by atoms with Crippen LogP contribution in [0.4, 0.5) is 0 Å². The molecule has 9 heavy (non-hydrogen) atoms. The fourth-order valence-electron chi connectivity index (χ4n) is 0.483. The maximum atomic E-state index is 8.80. The Morgan fingerprint density at radius 3 is 2.67 bits per heavy atom. The SMILES string of the molecule is NC(O)c1cc(Br)cs1. The minimum Gasteiger partial charge on any atom is -0.374 e. The van der Waals surface area contributed by atoms with Crippen LogP contribution in [0.25, 0.3) is 0 Å². The van der Waals surface area contributed by atoms with E-state index in [0.717, 1.165) is 9.35 Å². The van der Waals surface area contributed by atoms with Crippen molar-refractivity contribution in [3.8, 4) is 0 Å². The van der Waals surface area contributed by atoms with E-state index >= 15 is 0 Å².